The lowest BCUT2D eigenvalue weighted by Crippen LogP contribution is -2.40. The van der Waals surface area contributed by atoms with Gasteiger partial charge in [0, 0.05) is 18.0 Å². The first-order chi connectivity index (χ1) is 12.6. The summed E-state index contributed by atoms with van der Waals surface area (Å²) in [5, 5.41) is 17.4. The molecule has 0 radical (unpaired) electrons. The average molecular weight is 370 g/mol. The molecule has 136 valence electrons. The van der Waals surface area contributed by atoms with Crippen LogP contribution in [0.25, 0.3) is 0 Å². The third-order valence-corrected chi connectivity index (χ3v) is 6.33. The number of nitrogens with one attached hydrogen (secondary N) is 1. The summed E-state index contributed by atoms with van der Waals surface area (Å²) >= 11 is 1.74. The summed E-state index contributed by atoms with van der Waals surface area (Å²) in [7, 11) is 0. The average Bonchev–Trinajstić information content (AvgIpc) is 3.20. The van der Waals surface area contributed by atoms with Gasteiger partial charge in [0.15, 0.2) is 5.69 Å². The first kappa shape index (κ1) is 17.0. The second kappa shape index (κ2) is 7.08. The summed E-state index contributed by atoms with van der Waals surface area (Å²) in [5.74, 6) is 0. The fourth-order valence-electron chi connectivity index (χ4n) is 3.59. The number of nitrogens with zero attached hydrogens (tertiary/aromatic N) is 5. The van der Waals surface area contributed by atoms with E-state index in [1.165, 1.54) is 23.4 Å². The van der Waals surface area contributed by atoms with Crippen LogP contribution in [0.4, 0.5) is 4.79 Å². The van der Waals surface area contributed by atoms with Crippen LogP contribution >= 0.6 is 11.3 Å². The van der Waals surface area contributed by atoms with Crippen LogP contribution in [-0.2, 0) is 25.9 Å². The second-order valence-corrected chi connectivity index (χ2v) is 8.05. The number of carbonyl (C=O) groups is 1. The van der Waals surface area contributed by atoms with Gasteiger partial charge in [-0.3, -0.25) is 4.68 Å². The SMILES string of the molecule is C[C@@H](NC(=O)N1CCCn2nc(C#N)cc2C1)c1nc2c(s1)CCCC2. The molecule has 0 aromatic carbocycles. The van der Waals surface area contributed by atoms with Crippen LogP contribution < -0.4 is 5.32 Å². The molecule has 0 saturated heterocycles. The lowest BCUT2D eigenvalue weighted by atomic mass is 10.0. The van der Waals surface area contributed by atoms with E-state index < -0.39 is 0 Å². The highest BCUT2D eigenvalue weighted by molar-refractivity contribution is 7.11. The van der Waals surface area contributed by atoms with Crippen molar-refractivity contribution >= 4 is 17.4 Å². The number of thiazole rings is 1. The predicted octanol–water partition coefficient (Wildman–Crippen LogP) is 2.77. The smallest absolute Gasteiger partial charge is 0.318 e. The maximum Gasteiger partial charge on any atom is 0.318 e. The first-order valence-electron chi connectivity index (χ1n) is 9.15. The molecule has 3 heterocycles. The number of hydrogen-bond donors (Lipinski definition) is 1. The minimum absolute atomic E-state index is 0.0844. The normalized spacial score (nSPS) is 17.6. The number of carbonyl (C=O) groups excluding carboxylic acids is 1. The molecule has 0 fully saturated rings. The van der Waals surface area contributed by atoms with E-state index in [0.29, 0.717) is 18.8 Å². The number of nitriles is 1. The maximum absolute atomic E-state index is 12.8. The van der Waals surface area contributed by atoms with Crippen molar-refractivity contribution in [1.29, 1.82) is 5.26 Å². The van der Waals surface area contributed by atoms with Crippen molar-refractivity contribution < 1.29 is 4.79 Å². The first-order valence-corrected chi connectivity index (χ1v) is 9.96. The van der Waals surface area contributed by atoms with Crippen molar-refractivity contribution in [3.8, 4) is 6.07 Å². The molecule has 0 saturated carbocycles. The monoisotopic (exact) mass is 370 g/mol. The highest BCUT2D eigenvalue weighted by Crippen LogP contribution is 2.29. The number of rotatable bonds is 2. The molecule has 2 amide bonds. The minimum Gasteiger partial charge on any atom is -0.329 e. The molecule has 2 aliphatic rings. The summed E-state index contributed by atoms with van der Waals surface area (Å²) in [4.78, 5) is 20.7. The molecule has 4 rings (SSSR count). The van der Waals surface area contributed by atoms with Crippen molar-refractivity contribution in [2.24, 2.45) is 0 Å². The van der Waals surface area contributed by atoms with Crippen molar-refractivity contribution in [1.82, 2.24) is 25.0 Å². The van der Waals surface area contributed by atoms with E-state index in [1.54, 1.807) is 22.3 Å². The van der Waals surface area contributed by atoms with Gasteiger partial charge in [-0.1, -0.05) is 0 Å². The van der Waals surface area contributed by atoms with Crippen molar-refractivity contribution in [3.05, 3.63) is 33.0 Å². The lowest BCUT2D eigenvalue weighted by Gasteiger charge is -2.22. The molecule has 2 aromatic rings. The zero-order chi connectivity index (χ0) is 18.1. The van der Waals surface area contributed by atoms with Crippen LogP contribution in [0.15, 0.2) is 6.07 Å². The van der Waals surface area contributed by atoms with Gasteiger partial charge in [0.05, 0.1) is 24.0 Å². The quantitative estimate of drug-likeness (QED) is 0.880. The molecular weight excluding hydrogens is 348 g/mol. The van der Waals surface area contributed by atoms with Gasteiger partial charge in [-0.15, -0.1) is 11.3 Å². The molecule has 1 atom stereocenters. The number of aryl methyl sites for hydroxylation is 3. The standard InChI is InChI=1S/C18H22N6OS/c1-12(17-21-15-5-2-3-6-16(15)26-17)20-18(25)23-7-4-8-24-14(11-23)9-13(10-19)22-24/h9,12H,2-8,11H2,1H3,(H,20,25)/t12-/m1/s1. The van der Waals surface area contributed by atoms with Crippen molar-refractivity contribution in [3.63, 3.8) is 0 Å². The van der Waals surface area contributed by atoms with Gasteiger partial charge in [0.2, 0.25) is 0 Å². The van der Waals surface area contributed by atoms with Crippen LogP contribution in [0.1, 0.15) is 59.2 Å². The zero-order valence-corrected chi connectivity index (χ0v) is 15.7. The summed E-state index contributed by atoms with van der Waals surface area (Å²) in [6, 6.07) is 3.66. The molecule has 2 aromatic heterocycles. The Bertz CT molecular complexity index is 840. The van der Waals surface area contributed by atoms with Crippen molar-refractivity contribution in [2.45, 2.75) is 58.2 Å². The van der Waals surface area contributed by atoms with Gasteiger partial charge in [-0.05, 0) is 45.1 Å². The number of hydrogen-bond acceptors (Lipinski definition) is 5. The Labute approximate surface area is 156 Å². The van der Waals surface area contributed by atoms with Crippen molar-refractivity contribution in [2.75, 3.05) is 6.54 Å². The van der Waals surface area contributed by atoms with E-state index >= 15 is 0 Å². The molecule has 1 aliphatic heterocycles. The number of urea groups is 1. The fraction of sp³-hybridized carbons (Fsp3) is 0.556. The lowest BCUT2D eigenvalue weighted by molar-refractivity contribution is 0.192. The predicted molar refractivity (Wildman–Crippen MR) is 97.7 cm³/mol. The Kier molecular flexibility index (Phi) is 4.64. The van der Waals surface area contributed by atoms with E-state index in [0.717, 1.165) is 36.5 Å². The Morgan fingerprint density at radius 2 is 2.19 bits per heavy atom. The van der Waals surface area contributed by atoms with Crippen LogP contribution in [0.3, 0.4) is 0 Å². The fourth-order valence-corrected chi connectivity index (χ4v) is 4.74. The molecule has 8 heteroatoms. The molecule has 7 nitrogen and oxygen atoms in total. The zero-order valence-electron chi connectivity index (χ0n) is 14.9. The summed E-state index contributed by atoms with van der Waals surface area (Å²) in [6.07, 6.45) is 5.45. The molecule has 0 unspecified atom stereocenters. The van der Waals surface area contributed by atoms with Crippen LogP contribution in [0.2, 0.25) is 0 Å². The van der Waals surface area contributed by atoms with E-state index in [1.807, 2.05) is 11.6 Å². The van der Waals surface area contributed by atoms with Crippen LogP contribution in [-0.4, -0.2) is 32.2 Å². The number of amides is 2. The third kappa shape index (κ3) is 3.31. The van der Waals surface area contributed by atoms with E-state index in [4.69, 9.17) is 10.2 Å². The van der Waals surface area contributed by atoms with Gasteiger partial charge in [-0.2, -0.15) is 10.4 Å². The summed E-state index contributed by atoms with van der Waals surface area (Å²) in [5.41, 5.74) is 2.54. The van der Waals surface area contributed by atoms with Gasteiger partial charge >= 0.3 is 6.03 Å². The minimum atomic E-state index is -0.0964. The van der Waals surface area contributed by atoms with Gasteiger partial charge < -0.3 is 10.2 Å². The molecule has 26 heavy (non-hydrogen) atoms. The Hall–Kier alpha value is -2.40. The van der Waals surface area contributed by atoms with Gasteiger partial charge in [0.25, 0.3) is 0 Å². The summed E-state index contributed by atoms with van der Waals surface area (Å²) in [6.45, 7) is 3.88. The molecule has 1 aliphatic carbocycles. The largest absolute Gasteiger partial charge is 0.329 e. The molecular formula is C18H22N6OS. The highest BCUT2D eigenvalue weighted by Gasteiger charge is 2.24. The van der Waals surface area contributed by atoms with Crippen LogP contribution in [0.5, 0.6) is 0 Å². The molecule has 1 N–H and O–H groups in total. The Balaban J connectivity index is 1.44. The Morgan fingerprint density at radius 3 is 3.00 bits per heavy atom. The van der Waals surface area contributed by atoms with Gasteiger partial charge in [-0.25, -0.2) is 9.78 Å². The van der Waals surface area contributed by atoms with Crippen LogP contribution in [0, 0.1) is 11.3 Å². The third-order valence-electron chi connectivity index (χ3n) is 4.99. The molecule has 0 spiro atoms. The maximum atomic E-state index is 12.8. The number of aromatic nitrogens is 3. The number of fused-ring (bicyclic) bond motifs is 2. The van der Waals surface area contributed by atoms with E-state index in [9.17, 15) is 4.79 Å². The molecule has 0 bridgehead atoms. The topological polar surface area (TPSA) is 86.8 Å². The highest BCUT2D eigenvalue weighted by atomic mass is 32.1. The van der Waals surface area contributed by atoms with E-state index in [-0.39, 0.29) is 12.1 Å². The van der Waals surface area contributed by atoms with Gasteiger partial charge in [0.1, 0.15) is 11.1 Å². The summed E-state index contributed by atoms with van der Waals surface area (Å²) < 4.78 is 1.84. The second-order valence-electron chi connectivity index (χ2n) is 6.93. The Morgan fingerprint density at radius 1 is 1.35 bits per heavy atom. The van der Waals surface area contributed by atoms with E-state index in [2.05, 4.69) is 16.5 Å².